The summed E-state index contributed by atoms with van der Waals surface area (Å²) in [4.78, 5) is 17.7. The molecule has 1 aromatic carbocycles. The lowest BCUT2D eigenvalue weighted by molar-refractivity contribution is 0.291. The molecule has 0 unspecified atom stereocenters. The number of aromatic nitrogens is 2. The third kappa shape index (κ3) is 2.51. The molecule has 0 bridgehead atoms. The van der Waals surface area contributed by atoms with E-state index in [1.54, 1.807) is 16.7 Å². The number of rotatable bonds is 3. The molecule has 1 aliphatic rings. The molecule has 22 heavy (non-hydrogen) atoms. The number of ether oxygens (including phenoxy) is 1. The lowest BCUT2D eigenvalue weighted by Gasteiger charge is -2.12. The molecule has 7 heteroatoms. The zero-order valence-corrected chi connectivity index (χ0v) is 11.9. The molecule has 2 aromatic rings. The van der Waals surface area contributed by atoms with Crippen molar-refractivity contribution in [2.45, 2.75) is 13.2 Å². The predicted octanol–water partition coefficient (Wildman–Crippen LogP) is 1.28. The van der Waals surface area contributed by atoms with Crippen LogP contribution in [-0.2, 0) is 13.2 Å². The van der Waals surface area contributed by atoms with Crippen LogP contribution in [0.4, 0.5) is 10.2 Å². The van der Waals surface area contributed by atoms with E-state index in [1.165, 1.54) is 18.2 Å². The van der Waals surface area contributed by atoms with Crippen molar-refractivity contribution >= 4 is 5.82 Å². The van der Waals surface area contributed by atoms with Crippen molar-refractivity contribution < 1.29 is 9.13 Å². The van der Waals surface area contributed by atoms with Gasteiger partial charge in [0.05, 0.1) is 5.56 Å². The van der Waals surface area contributed by atoms with Crippen LogP contribution in [-0.4, -0.2) is 23.1 Å². The quantitative estimate of drug-likeness (QED) is 0.854. The van der Waals surface area contributed by atoms with Gasteiger partial charge >= 0.3 is 5.69 Å². The van der Waals surface area contributed by atoms with Gasteiger partial charge in [-0.3, -0.25) is 4.57 Å². The number of fused-ring (bicyclic) bond motifs is 1. The molecule has 0 saturated carbocycles. The molecule has 0 amide bonds. The van der Waals surface area contributed by atoms with Crippen LogP contribution < -0.4 is 15.3 Å². The number of hydrogen-bond acceptors (Lipinski definition) is 5. The zero-order valence-electron chi connectivity index (χ0n) is 11.9. The highest BCUT2D eigenvalue weighted by Gasteiger charge is 2.18. The summed E-state index contributed by atoms with van der Waals surface area (Å²) in [6.45, 7) is 1.47. The van der Waals surface area contributed by atoms with Gasteiger partial charge in [-0.05, 0) is 17.7 Å². The molecule has 6 nitrogen and oxygen atoms in total. The highest BCUT2D eigenvalue weighted by atomic mass is 19.1. The Hall–Kier alpha value is -2.88. The second kappa shape index (κ2) is 5.48. The maximum atomic E-state index is 13.3. The summed E-state index contributed by atoms with van der Waals surface area (Å²) < 4.78 is 20.3. The third-order valence-corrected chi connectivity index (χ3v) is 3.55. The standard InChI is InChI=1S/C15H13FN4O2/c1-19-4-5-20-14(19)7-13(18-15(20)21)22-9-10-2-3-12(16)11(6-10)8-17/h2-3,6-7H,4-5,9H2,1H3. The van der Waals surface area contributed by atoms with Crippen LogP contribution in [0.3, 0.4) is 0 Å². The smallest absolute Gasteiger partial charge is 0.352 e. The fraction of sp³-hybridized carbons (Fsp3) is 0.267. The minimum Gasteiger partial charge on any atom is -0.473 e. The summed E-state index contributed by atoms with van der Waals surface area (Å²) in [7, 11) is 1.89. The first-order chi connectivity index (χ1) is 10.6. The Bertz CT molecular complexity index is 825. The van der Waals surface area contributed by atoms with Gasteiger partial charge in [-0.15, -0.1) is 0 Å². The van der Waals surface area contributed by atoms with Crippen LogP contribution in [0.25, 0.3) is 0 Å². The maximum Gasteiger partial charge on any atom is 0.352 e. The second-order valence-electron chi connectivity index (χ2n) is 5.02. The Balaban J connectivity index is 1.81. The number of nitriles is 1. The van der Waals surface area contributed by atoms with Crippen LogP contribution in [0, 0.1) is 17.1 Å². The molecule has 0 fully saturated rings. The first kappa shape index (κ1) is 14.1. The molecule has 1 aliphatic heterocycles. The number of benzene rings is 1. The molecule has 0 spiro atoms. The molecule has 0 atom stereocenters. The second-order valence-corrected chi connectivity index (χ2v) is 5.02. The Kier molecular flexibility index (Phi) is 3.51. The van der Waals surface area contributed by atoms with Crippen molar-refractivity contribution in [2.75, 3.05) is 18.5 Å². The summed E-state index contributed by atoms with van der Waals surface area (Å²) in [5.74, 6) is 0.404. The number of halogens is 1. The molecule has 2 heterocycles. The predicted molar refractivity (Wildman–Crippen MR) is 77.2 cm³/mol. The minimum absolute atomic E-state index is 0.0391. The normalized spacial score (nSPS) is 12.9. The molecule has 3 rings (SSSR count). The number of anilines is 1. The molecule has 0 saturated heterocycles. The van der Waals surface area contributed by atoms with E-state index in [1.807, 2.05) is 11.9 Å². The van der Waals surface area contributed by atoms with Gasteiger partial charge in [0.1, 0.15) is 24.3 Å². The van der Waals surface area contributed by atoms with Gasteiger partial charge in [0.15, 0.2) is 0 Å². The number of hydrogen-bond donors (Lipinski definition) is 0. The van der Waals surface area contributed by atoms with Gasteiger partial charge in [0.2, 0.25) is 5.88 Å². The van der Waals surface area contributed by atoms with Crippen molar-refractivity contribution in [3.05, 3.63) is 51.7 Å². The van der Waals surface area contributed by atoms with Crippen molar-refractivity contribution in [3.63, 3.8) is 0 Å². The van der Waals surface area contributed by atoms with E-state index in [0.717, 1.165) is 12.4 Å². The van der Waals surface area contributed by atoms with Crippen molar-refractivity contribution in [3.8, 4) is 11.9 Å². The van der Waals surface area contributed by atoms with Crippen molar-refractivity contribution in [2.24, 2.45) is 0 Å². The van der Waals surface area contributed by atoms with E-state index in [9.17, 15) is 9.18 Å². The minimum atomic E-state index is -0.568. The SMILES string of the molecule is CN1CCn2c1cc(OCc1ccc(F)c(C#N)c1)nc2=O. The van der Waals surface area contributed by atoms with E-state index < -0.39 is 5.82 Å². The van der Waals surface area contributed by atoms with Crippen LogP contribution in [0.2, 0.25) is 0 Å². The number of nitrogens with zero attached hydrogens (tertiary/aromatic N) is 4. The monoisotopic (exact) mass is 300 g/mol. The zero-order chi connectivity index (χ0) is 15.7. The fourth-order valence-electron chi connectivity index (χ4n) is 2.34. The van der Waals surface area contributed by atoms with Crippen LogP contribution in [0.1, 0.15) is 11.1 Å². The molecule has 0 radical (unpaired) electrons. The van der Waals surface area contributed by atoms with Gasteiger partial charge in [0.25, 0.3) is 0 Å². The topological polar surface area (TPSA) is 71.2 Å². The molecular weight excluding hydrogens is 287 g/mol. The molecule has 112 valence electrons. The average Bonchev–Trinajstić information content (AvgIpc) is 2.88. The number of likely N-dealkylation sites (N-methyl/N-ethyl adjacent to an activating group) is 1. The largest absolute Gasteiger partial charge is 0.473 e. The Morgan fingerprint density at radius 1 is 1.41 bits per heavy atom. The van der Waals surface area contributed by atoms with E-state index in [-0.39, 0.29) is 23.7 Å². The first-order valence-corrected chi connectivity index (χ1v) is 6.73. The molecule has 0 aliphatic carbocycles. The van der Waals surface area contributed by atoms with Gasteiger partial charge < -0.3 is 9.64 Å². The highest BCUT2D eigenvalue weighted by molar-refractivity contribution is 5.44. The van der Waals surface area contributed by atoms with E-state index in [0.29, 0.717) is 12.1 Å². The van der Waals surface area contributed by atoms with Crippen LogP contribution in [0.5, 0.6) is 5.88 Å². The lowest BCUT2D eigenvalue weighted by atomic mass is 10.1. The van der Waals surface area contributed by atoms with Gasteiger partial charge in [0, 0.05) is 26.2 Å². The van der Waals surface area contributed by atoms with Crippen molar-refractivity contribution in [1.82, 2.24) is 9.55 Å². The molecular formula is C15H13FN4O2. The maximum absolute atomic E-state index is 13.3. The summed E-state index contributed by atoms with van der Waals surface area (Å²) >= 11 is 0. The van der Waals surface area contributed by atoms with Crippen LogP contribution in [0.15, 0.2) is 29.1 Å². The lowest BCUT2D eigenvalue weighted by Crippen LogP contribution is -2.22. The van der Waals surface area contributed by atoms with Crippen molar-refractivity contribution in [1.29, 1.82) is 5.26 Å². The summed E-state index contributed by atoms with van der Waals surface area (Å²) in [5.41, 5.74) is 0.241. The van der Waals surface area contributed by atoms with E-state index >= 15 is 0 Å². The molecule has 0 N–H and O–H groups in total. The summed E-state index contributed by atoms with van der Waals surface area (Å²) in [6.07, 6.45) is 0. The Morgan fingerprint density at radius 3 is 3.00 bits per heavy atom. The average molecular weight is 300 g/mol. The third-order valence-electron chi connectivity index (χ3n) is 3.55. The Morgan fingerprint density at radius 2 is 2.23 bits per heavy atom. The first-order valence-electron chi connectivity index (χ1n) is 6.73. The Labute approximate surface area is 126 Å². The van der Waals surface area contributed by atoms with Gasteiger partial charge in [-0.1, -0.05) is 6.07 Å². The van der Waals surface area contributed by atoms with E-state index in [2.05, 4.69) is 4.98 Å². The fourth-order valence-corrected chi connectivity index (χ4v) is 2.34. The van der Waals surface area contributed by atoms with Gasteiger partial charge in [-0.25, -0.2) is 9.18 Å². The summed E-state index contributed by atoms with van der Waals surface area (Å²) in [5, 5.41) is 8.81. The summed E-state index contributed by atoms with van der Waals surface area (Å²) in [6, 6.07) is 7.64. The van der Waals surface area contributed by atoms with E-state index in [4.69, 9.17) is 10.00 Å². The molecule has 1 aromatic heterocycles. The highest BCUT2D eigenvalue weighted by Crippen LogP contribution is 2.21. The van der Waals surface area contributed by atoms with Crippen LogP contribution >= 0.6 is 0 Å². The van der Waals surface area contributed by atoms with Gasteiger partial charge in [-0.2, -0.15) is 10.2 Å².